The summed E-state index contributed by atoms with van der Waals surface area (Å²) in [4.78, 5) is 37.6. The molecule has 9 nitrogen and oxygen atoms in total. The second kappa shape index (κ2) is 10.6. The van der Waals surface area contributed by atoms with Gasteiger partial charge in [-0.15, -0.1) is 0 Å². The summed E-state index contributed by atoms with van der Waals surface area (Å²) in [6.45, 7) is 3.05. The van der Waals surface area contributed by atoms with E-state index in [-0.39, 0.29) is 18.1 Å². The number of halogens is 1. The van der Waals surface area contributed by atoms with Crippen LogP contribution >= 0.6 is 11.6 Å². The van der Waals surface area contributed by atoms with Crippen molar-refractivity contribution >= 4 is 29.2 Å². The van der Waals surface area contributed by atoms with E-state index in [2.05, 4.69) is 10.4 Å². The van der Waals surface area contributed by atoms with Crippen LogP contribution in [0.15, 0.2) is 53.3 Å². The minimum absolute atomic E-state index is 0.0957. The summed E-state index contributed by atoms with van der Waals surface area (Å²) in [5.74, 6) is -1.11. The number of rotatable bonds is 8. The Hall–Kier alpha value is -3.85. The number of nitrogens with one attached hydrogen (secondary N) is 1. The van der Waals surface area contributed by atoms with Crippen LogP contribution < -0.4 is 20.3 Å². The first-order valence-corrected chi connectivity index (χ1v) is 10.4. The van der Waals surface area contributed by atoms with E-state index in [0.29, 0.717) is 22.1 Å². The zero-order chi connectivity index (χ0) is 24.0. The molecule has 0 atom stereocenters. The highest BCUT2D eigenvalue weighted by atomic mass is 35.5. The molecular formula is C23H22ClN3O6. The summed E-state index contributed by atoms with van der Waals surface area (Å²) in [5.41, 5.74) is 0.866. The zero-order valence-corrected chi connectivity index (χ0v) is 19.0. The van der Waals surface area contributed by atoms with Crippen molar-refractivity contribution in [2.75, 3.05) is 25.6 Å². The van der Waals surface area contributed by atoms with Gasteiger partial charge >= 0.3 is 5.97 Å². The van der Waals surface area contributed by atoms with Crippen molar-refractivity contribution in [3.05, 3.63) is 75.2 Å². The normalized spacial score (nSPS) is 10.4. The molecule has 0 saturated heterocycles. The van der Waals surface area contributed by atoms with Gasteiger partial charge in [0.15, 0.2) is 12.4 Å². The minimum Gasteiger partial charge on any atom is -0.495 e. The zero-order valence-electron chi connectivity index (χ0n) is 18.3. The van der Waals surface area contributed by atoms with E-state index in [1.165, 1.54) is 13.2 Å². The molecule has 0 saturated carbocycles. The molecule has 1 N–H and O–H groups in total. The van der Waals surface area contributed by atoms with E-state index in [4.69, 9.17) is 25.8 Å². The van der Waals surface area contributed by atoms with E-state index in [9.17, 15) is 14.4 Å². The molecule has 1 aromatic heterocycles. The first kappa shape index (κ1) is 23.8. The van der Waals surface area contributed by atoms with E-state index in [1.807, 2.05) is 19.1 Å². The van der Waals surface area contributed by atoms with E-state index >= 15 is 0 Å². The molecule has 0 aliphatic rings. The Bertz CT molecular complexity index is 1240. The van der Waals surface area contributed by atoms with Crippen LogP contribution in [0.25, 0.3) is 5.69 Å². The molecule has 0 aliphatic carbocycles. The number of para-hydroxylation sites is 1. The summed E-state index contributed by atoms with van der Waals surface area (Å²) in [7, 11) is 1.45. The topological polar surface area (TPSA) is 109 Å². The number of nitrogens with zero attached hydrogens (tertiary/aromatic N) is 2. The monoisotopic (exact) mass is 471 g/mol. The predicted molar refractivity (Wildman–Crippen MR) is 123 cm³/mol. The van der Waals surface area contributed by atoms with E-state index in [0.717, 1.165) is 16.3 Å². The quantitative estimate of drug-likeness (QED) is 0.501. The first-order chi connectivity index (χ1) is 15.8. The number of carbonyl (C=O) groups is 2. The third-order valence-electron chi connectivity index (χ3n) is 4.50. The maximum absolute atomic E-state index is 12.7. The Morgan fingerprint density at radius 2 is 1.88 bits per heavy atom. The van der Waals surface area contributed by atoms with Crippen molar-refractivity contribution in [2.45, 2.75) is 13.8 Å². The molecule has 0 aliphatic heterocycles. The lowest BCUT2D eigenvalue weighted by molar-refractivity contribution is -0.118. The van der Waals surface area contributed by atoms with Crippen LogP contribution in [0.3, 0.4) is 0 Å². The molecule has 1 amide bonds. The summed E-state index contributed by atoms with van der Waals surface area (Å²) >= 11 is 5.97. The van der Waals surface area contributed by atoms with Crippen LogP contribution in [-0.2, 0) is 9.53 Å². The third-order valence-corrected chi connectivity index (χ3v) is 4.74. The van der Waals surface area contributed by atoms with Crippen molar-refractivity contribution in [1.29, 1.82) is 0 Å². The number of amides is 1. The number of hydrogen-bond acceptors (Lipinski definition) is 7. The lowest BCUT2D eigenvalue weighted by atomic mass is 10.2. The standard InChI is InChI=1S/C23H22ClN3O6/c1-4-32-23(30)22-19(12-21(29)27(26-22)17-8-6-5-7-14(17)2)33-13-20(28)25-16-11-15(24)9-10-18(16)31-3/h5-12H,4,13H2,1-3H3,(H,25,28). The molecule has 2 aromatic carbocycles. The fourth-order valence-electron chi connectivity index (χ4n) is 2.97. The van der Waals surface area contributed by atoms with Gasteiger partial charge in [-0.3, -0.25) is 9.59 Å². The highest BCUT2D eigenvalue weighted by molar-refractivity contribution is 6.31. The lowest BCUT2D eigenvalue weighted by Gasteiger charge is -2.14. The summed E-state index contributed by atoms with van der Waals surface area (Å²) in [5, 5.41) is 7.17. The molecule has 10 heteroatoms. The fraction of sp³-hybridized carbons (Fsp3) is 0.217. The maximum atomic E-state index is 12.7. The van der Waals surface area contributed by atoms with Gasteiger partial charge in [0.25, 0.3) is 11.5 Å². The lowest BCUT2D eigenvalue weighted by Crippen LogP contribution is -2.27. The average Bonchev–Trinajstić information content (AvgIpc) is 2.78. The van der Waals surface area contributed by atoms with Crippen LogP contribution in [0.4, 0.5) is 5.69 Å². The van der Waals surface area contributed by atoms with Gasteiger partial charge in [-0.2, -0.15) is 9.78 Å². The van der Waals surface area contributed by atoms with Crippen molar-refractivity contribution in [3.8, 4) is 17.2 Å². The second-order valence-electron chi connectivity index (χ2n) is 6.80. The van der Waals surface area contributed by atoms with Crippen molar-refractivity contribution in [2.24, 2.45) is 0 Å². The van der Waals surface area contributed by atoms with Gasteiger partial charge in [0, 0.05) is 5.02 Å². The number of anilines is 1. The summed E-state index contributed by atoms with van der Waals surface area (Å²) < 4.78 is 16.8. The van der Waals surface area contributed by atoms with Crippen molar-refractivity contribution in [3.63, 3.8) is 0 Å². The Balaban J connectivity index is 1.88. The highest BCUT2D eigenvalue weighted by Gasteiger charge is 2.21. The number of hydrogen-bond donors (Lipinski definition) is 1. The van der Waals surface area contributed by atoms with E-state index in [1.54, 1.807) is 31.2 Å². The predicted octanol–water partition coefficient (Wildman–Crippen LogP) is 3.40. The van der Waals surface area contributed by atoms with Crippen molar-refractivity contribution < 1.29 is 23.8 Å². The summed E-state index contributed by atoms with van der Waals surface area (Å²) in [6, 6.07) is 12.9. The Labute approximate surface area is 194 Å². The molecule has 33 heavy (non-hydrogen) atoms. The van der Waals surface area contributed by atoms with Gasteiger partial charge in [0.05, 0.1) is 31.2 Å². The molecule has 172 valence electrons. The molecule has 0 radical (unpaired) electrons. The van der Waals surface area contributed by atoms with Gasteiger partial charge in [-0.1, -0.05) is 29.8 Å². The molecule has 3 rings (SSSR count). The first-order valence-electron chi connectivity index (χ1n) is 9.97. The number of methoxy groups -OCH3 is 1. The number of aryl methyl sites for hydroxylation is 1. The van der Waals surface area contributed by atoms with Gasteiger partial charge in [-0.25, -0.2) is 4.79 Å². The largest absolute Gasteiger partial charge is 0.495 e. The van der Waals surface area contributed by atoms with E-state index < -0.39 is 24.0 Å². The van der Waals surface area contributed by atoms with Gasteiger partial charge in [0.2, 0.25) is 5.69 Å². The highest BCUT2D eigenvalue weighted by Crippen LogP contribution is 2.27. The van der Waals surface area contributed by atoms with Gasteiger partial charge in [0.1, 0.15) is 5.75 Å². The van der Waals surface area contributed by atoms with Gasteiger partial charge in [-0.05, 0) is 43.7 Å². The number of carbonyl (C=O) groups excluding carboxylic acids is 2. The number of aromatic nitrogens is 2. The Morgan fingerprint density at radius 1 is 1.12 bits per heavy atom. The molecule has 0 spiro atoms. The molecule has 0 fully saturated rings. The van der Waals surface area contributed by atoms with Crippen LogP contribution in [0.2, 0.25) is 5.02 Å². The summed E-state index contributed by atoms with van der Waals surface area (Å²) in [6.07, 6.45) is 0. The number of esters is 1. The smallest absolute Gasteiger partial charge is 0.362 e. The molecule has 0 bridgehead atoms. The number of benzene rings is 2. The average molecular weight is 472 g/mol. The second-order valence-corrected chi connectivity index (χ2v) is 7.23. The minimum atomic E-state index is -0.785. The fourth-order valence-corrected chi connectivity index (χ4v) is 3.14. The Morgan fingerprint density at radius 3 is 2.58 bits per heavy atom. The van der Waals surface area contributed by atoms with Crippen LogP contribution in [-0.4, -0.2) is 42.0 Å². The van der Waals surface area contributed by atoms with Crippen LogP contribution in [0.5, 0.6) is 11.5 Å². The van der Waals surface area contributed by atoms with Gasteiger partial charge < -0.3 is 19.5 Å². The third kappa shape index (κ3) is 5.69. The molecule has 0 unspecified atom stereocenters. The molecule has 1 heterocycles. The maximum Gasteiger partial charge on any atom is 0.362 e. The molecular weight excluding hydrogens is 450 g/mol. The SMILES string of the molecule is CCOC(=O)c1nn(-c2ccccc2C)c(=O)cc1OCC(=O)Nc1cc(Cl)ccc1OC. The van der Waals surface area contributed by atoms with Crippen LogP contribution in [0, 0.1) is 6.92 Å². The number of ether oxygens (including phenoxy) is 3. The van der Waals surface area contributed by atoms with Crippen molar-refractivity contribution in [1.82, 2.24) is 9.78 Å². The Kier molecular flexibility index (Phi) is 7.68. The van der Waals surface area contributed by atoms with Crippen LogP contribution in [0.1, 0.15) is 23.0 Å². The molecule has 3 aromatic rings.